The first kappa shape index (κ1) is 16.1. The number of rotatable bonds is 2. The van der Waals surface area contributed by atoms with Gasteiger partial charge in [-0.1, -0.05) is 0 Å². The lowest BCUT2D eigenvalue weighted by molar-refractivity contribution is 0.0922. The van der Waals surface area contributed by atoms with E-state index in [0.717, 1.165) is 30.6 Å². The molecule has 4 nitrogen and oxygen atoms in total. The standard InChI is InChI=1S/C20H21FN2O2S/c1-10-8-13(21)18(24)16-17(10)23(12-6-7-12)19(22-20(16)25)15-9-11-4-2-3-5-14(11)26-15/h8-9,12,19,24H,2-7H2,1H3,(H,22,25). The highest BCUT2D eigenvalue weighted by molar-refractivity contribution is 7.12. The molecular formula is C20H21FN2O2S. The number of hydrogen-bond acceptors (Lipinski definition) is 4. The molecule has 6 heteroatoms. The van der Waals surface area contributed by atoms with Crippen molar-refractivity contribution in [1.82, 2.24) is 5.32 Å². The molecular weight excluding hydrogens is 351 g/mol. The average Bonchev–Trinajstić information content (AvgIpc) is 3.36. The molecule has 2 N–H and O–H groups in total. The predicted octanol–water partition coefficient (Wildman–Crippen LogP) is 4.19. The largest absolute Gasteiger partial charge is 0.504 e. The molecule has 0 saturated heterocycles. The van der Waals surface area contributed by atoms with Gasteiger partial charge in [-0.05, 0) is 68.7 Å². The van der Waals surface area contributed by atoms with Crippen molar-refractivity contribution >= 4 is 22.9 Å². The van der Waals surface area contributed by atoms with Gasteiger partial charge < -0.3 is 15.3 Å². The number of carbonyl (C=O) groups is 1. The van der Waals surface area contributed by atoms with E-state index in [9.17, 15) is 14.3 Å². The van der Waals surface area contributed by atoms with Crippen LogP contribution >= 0.6 is 11.3 Å². The van der Waals surface area contributed by atoms with Gasteiger partial charge in [0.2, 0.25) is 0 Å². The van der Waals surface area contributed by atoms with Crippen LogP contribution in [-0.4, -0.2) is 17.1 Å². The predicted molar refractivity (Wildman–Crippen MR) is 99.5 cm³/mol. The molecule has 26 heavy (non-hydrogen) atoms. The van der Waals surface area contributed by atoms with Crippen LogP contribution in [0.3, 0.4) is 0 Å². The number of nitrogens with zero attached hydrogens (tertiary/aromatic N) is 1. The molecule has 2 aromatic rings. The Balaban J connectivity index is 1.65. The summed E-state index contributed by atoms with van der Waals surface area (Å²) >= 11 is 1.79. The summed E-state index contributed by atoms with van der Waals surface area (Å²) in [6.07, 6.45) is 6.54. The Hall–Kier alpha value is -2.08. The van der Waals surface area contributed by atoms with Crippen LogP contribution in [0.25, 0.3) is 0 Å². The summed E-state index contributed by atoms with van der Waals surface area (Å²) in [4.78, 5) is 17.5. The summed E-state index contributed by atoms with van der Waals surface area (Å²) in [6, 6.07) is 3.89. The average molecular weight is 372 g/mol. The molecule has 0 radical (unpaired) electrons. The highest BCUT2D eigenvalue weighted by Gasteiger charge is 2.43. The number of phenols is 1. The molecule has 3 aliphatic rings. The van der Waals surface area contributed by atoms with Gasteiger partial charge in [-0.2, -0.15) is 0 Å². The minimum absolute atomic E-state index is 0.0759. The number of benzene rings is 1. The minimum atomic E-state index is -0.739. The van der Waals surface area contributed by atoms with Crippen LogP contribution < -0.4 is 10.2 Å². The quantitative estimate of drug-likeness (QED) is 0.831. The number of nitrogens with one attached hydrogen (secondary N) is 1. The fourth-order valence-corrected chi connectivity index (χ4v) is 5.61. The zero-order valence-electron chi connectivity index (χ0n) is 14.6. The van der Waals surface area contributed by atoms with E-state index in [1.165, 1.54) is 29.3 Å². The lowest BCUT2D eigenvalue weighted by atomic mass is 9.98. The lowest BCUT2D eigenvalue weighted by Gasteiger charge is -2.40. The van der Waals surface area contributed by atoms with Crippen LogP contribution in [0, 0.1) is 12.7 Å². The maximum absolute atomic E-state index is 14.0. The number of hydrogen-bond donors (Lipinski definition) is 2. The molecule has 1 saturated carbocycles. The third kappa shape index (κ3) is 2.35. The van der Waals surface area contributed by atoms with E-state index in [2.05, 4.69) is 16.3 Å². The van der Waals surface area contributed by atoms with Crippen molar-refractivity contribution in [1.29, 1.82) is 0 Å². The van der Waals surface area contributed by atoms with Gasteiger partial charge >= 0.3 is 0 Å². The number of aromatic hydroxyl groups is 1. The molecule has 5 rings (SSSR count). The number of halogens is 1. The molecule has 136 valence electrons. The van der Waals surface area contributed by atoms with Crippen LogP contribution in [0.4, 0.5) is 10.1 Å². The fraction of sp³-hybridized carbons (Fsp3) is 0.450. The molecule has 1 amide bonds. The number of thiophene rings is 1. The molecule has 1 fully saturated rings. The third-order valence-electron chi connectivity index (χ3n) is 5.67. The zero-order chi connectivity index (χ0) is 18.0. The first-order valence-corrected chi connectivity index (χ1v) is 10.1. The minimum Gasteiger partial charge on any atom is -0.504 e. The van der Waals surface area contributed by atoms with Gasteiger partial charge in [0.25, 0.3) is 5.91 Å². The van der Waals surface area contributed by atoms with Gasteiger partial charge in [-0.3, -0.25) is 4.79 Å². The van der Waals surface area contributed by atoms with E-state index >= 15 is 0 Å². The Morgan fingerprint density at radius 2 is 2.04 bits per heavy atom. The Bertz CT molecular complexity index is 896. The van der Waals surface area contributed by atoms with Crippen molar-refractivity contribution in [2.24, 2.45) is 0 Å². The van der Waals surface area contributed by atoms with Crippen molar-refractivity contribution in [3.63, 3.8) is 0 Å². The second kappa shape index (κ2) is 5.71. The molecule has 0 bridgehead atoms. The SMILES string of the molecule is Cc1cc(F)c(O)c2c1N(C1CC1)C(c1cc3c(s1)CCCC3)NC2=O. The summed E-state index contributed by atoms with van der Waals surface area (Å²) in [6.45, 7) is 1.81. The Labute approximate surface area is 155 Å². The number of phenolic OH excluding ortho intramolecular Hbond substituents is 1. The van der Waals surface area contributed by atoms with Crippen molar-refractivity contribution < 1.29 is 14.3 Å². The van der Waals surface area contributed by atoms with E-state index in [4.69, 9.17) is 0 Å². The molecule has 1 atom stereocenters. The van der Waals surface area contributed by atoms with Crippen molar-refractivity contribution in [3.05, 3.63) is 44.4 Å². The van der Waals surface area contributed by atoms with Gasteiger partial charge in [0.05, 0.1) is 5.69 Å². The summed E-state index contributed by atoms with van der Waals surface area (Å²) in [7, 11) is 0. The highest BCUT2D eigenvalue weighted by atomic mass is 32.1. The van der Waals surface area contributed by atoms with Gasteiger partial charge in [0, 0.05) is 15.8 Å². The number of amides is 1. The van der Waals surface area contributed by atoms with Crippen LogP contribution in [0.1, 0.15) is 63.1 Å². The molecule has 1 unspecified atom stereocenters. The van der Waals surface area contributed by atoms with E-state index in [1.54, 1.807) is 11.3 Å². The second-order valence-electron chi connectivity index (χ2n) is 7.57. The topological polar surface area (TPSA) is 52.6 Å². The number of anilines is 1. The maximum Gasteiger partial charge on any atom is 0.259 e. The van der Waals surface area contributed by atoms with E-state index in [-0.39, 0.29) is 11.7 Å². The van der Waals surface area contributed by atoms with Crippen molar-refractivity contribution in [2.75, 3.05) is 4.90 Å². The third-order valence-corrected chi connectivity index (χ3v) is 6.96. The number of aryl methyl sites for hydroxylation is 3. The number of carbonyl (C=O) groups excluding carboxylic acids is 1. The van der Waals surface area contributed by atoms with Gasteiger partial charge in [0.1, 0.15) is 11.7 Å². The van der Waals surface area contributed by atoms with Crippen molar-refractivity contribution in [2.45, 2.75) is 57.7 Å². The van der Waals surface area contributed by atoms with Crippen LogP contribution in [0.2, 0.25) is 0 Å². The first-order chi connectivity index (χ1) is 12.5. The van der Waals surface area contributed by atoms with Crippen LogP contribution in [0.5, 0.6) is 5.75 Å². The summed E-state index contributed by atoms with van der Waals surface area (Å²) in [5.74, 6) is -1.68. The highest BCUT2D eigenvalue weighted by Crippen LogP contribution is 2.48. The lowest BCUT2D eigenvalue weighted by Crippen LogP contribution is -2.47. The normalized spacial score (nSPS) is 22.0. The molecule has 2 aliphatic carbocycles. The Morgan fingerprint density at radius 1 is 1.27 bits per heavy atom. The van der Waals surface area contributed by atoms with Gasteiger partial charge in [0.15, 0.2) is 11.6 Å². The second-order valence-corrected chi connectivity index (χ2v) is 8.73. The Morgan fingerprint density at radius 3 is 2.77 bits per heavy atom. The van der Waals surface area contributed by atoms with Gasteiger partial charge in [-0.25, -0.2) is 4.39 Å². The van der Waals surface area contributed by atoms with E-state index in [0.29, 0.717) is 17.3 Å². The molecule has 1 aromatic carbocycles. The maximum atomic E-state index is 14.0. The molecule has 0 spiro atoms. The fourth-order valence-electron chi connectivity index (χ4n) is 4.30. The molecule has 2 heterocycles. The zero-order valence-corrected chi connectivity index (χ0v) is 15.5. The molecule has 1 aliphatic heterocycles. The smallest absolute Gasteiger partial charge is 0.259 e. The summed E-state index contributed by atoms with van der Waals surface area (Å²) in [5, 5.41) is 13.2. The monoisotopic (exact) mass is 372 g/mol. The number of fused-ring (bicyclic) bond motifs is 2. The van der Waals surface area contributed by atoms with E-state index in [1.807, 2.05) is 6.92 Å². The molecule has 1 aromatic heterocycles. The van der Waals surface area contributed by atoms with Gasteiger partial charge in [-0.15, -0.1) is 11.3 Å². The summed E-state index contributed by atoms with van der Waals surface area (Å²) in [5.41, 5.74) is 2.87. The van der Waals surface area contributed by atoms with Crippen LogP contribution in [-0.2, 0) is 12.8 Å². The summed E-state index contributed by atoms with van der Waals surface area (Å²) < 4.78 is 14.0. The van der Waals surface area contributed by atoms with Crippen molar-refractivity contribution in [3.8, 4) is 5.75 Å². The van der Waals surface area contributed by atoms with Crippen LogP contribution in [0.15, 0.2) is 12.1 Å². The Kier molecular flexibility index (Phi) is 3.54. The first-order valence-electron chi connectivity index (χ1n) is 9.27. The van der Waals surface area contributed by atoms with E-state index < -0.39 is 17.5 Å².